The normalized spacial score (nSPS) is 16.2. The third-order valence-electron chi connectivity index (χ3n) is 5.49. The molecular weight excluding hydrogens is 498 g/mol. The van der Waals surface area contributed by atoms with Crippen LogP contribution in [0.2, 0.25) is 0 Å². The molecule has 1 aliphatic heterocycles. The van der Waals surface area contributed by atoms with Gasteiger partial charge in [-0.1, -0.05) is 46.7 Å². The summed E-state index contributed by atoms with van der Waals surface area (Å²) < 4.78 is 54.0. The van der Waals surface area contributed by atoms with Crippen LogP contribution in [0, 0.1) is 19.8 Å². The molecule has 4 rings (SSSR count). The summed E-state index contributed by atoms with van der Waals surface area (Å²) in [5.41, 5.74) is 3.23. The van der Waals surface area contributed by atoms with Gasteiger partial charge in [0, 0.05) is 21.9 Å². The zero-order valence-electron chi connectivity index (χ0n) is 19.2. The highest BCUT2D eigenvalue weighted by Gasteiger charge is 2.23. The SMILES string of the molecule is Cc1ccc(N2C=CCC(C)C(C(F)F)=N2)cc1SSc1cc(-n2cnc(C(F)F)n2)ccc1C. The number of alkyl halides is 4. The van der Waals surface area contributed by atoms with E-state index in [1.807, 2.05) is 50.3 Å². The molecule has 1 unspecified atom stereocenters. The molecule has 0 radical (unpaired) electrons. The molecule has 1 atom stereocenters. The number of rotatable bonds is 7. The molecule has 0 N–H and O–H groups in total. The average molecular weight is 522 g/mol. The van der Waals surface area contributed by atoms with Crippen molar-refractivity contribution in [1.82, 2.24) is 14.8 Å². The second-order valence-corrected chi connectivity index (χ2v) is 10.3. The van der Waals surface area contributed by atoms with Crippen molar-refractivity contribution in [2.75, 3.05) is 5.01 Å². The van der Waals surface area contributed by atoms with E-state index in [2.05, 4.69) is 15.2 Å². The number of hydrogen-bond donors (Lipinski definition) is 0. The Bertz CT molecular complexity index is 1260. The molecule has 1 aliphatic rings. The van der Waals surface area contributed by atoms with Crippen molar-refractivity contribution in [3.05, 3.63) is 72.0 Å². The molecular formula is C24H23F4N5S2. The number of hydrazone groups is 1. The van der Waals surface area contributed by atoms with Crippen LogP contribution in [0.1, 0.15) is 36.7 Å². The largest absolute Gasteiger partial charge is 0.299 e. The zero-order chi connectivity index (χ0) is 25.1. The van der Waals surface area contributed by atoms with Crippen LogP contribution >= 0.6 is 21.6 Å². The minimum Gasteiger partial charge on any atom is -0.241 e. The zero-order valence-corrected chi connectivity index (χ0v) is 20.8. The minimum atomic E-state index is -2.73. The summed E-state index contributed by atoms with van der Waals surface area (Å²) >= 11 is 0. The molecule has 184 valence electrons. The Kier molecular flexibility index (Phi) is 7.85. The highest BCUT2D eigenvalue weighted by molar-refractivity contribution is 8.76. The molecule has 1 aromatic heterocycles. The highest BCUT2D eigenvalue weighted by atomic mass is 33.1. The minimum absolute atomic E-state index is 0.130. The van der Waals surface area contributed by atoms with Crippen LogP contribution in [0.3, 0.4) is 0 Å². The number of nitrogens with zero attached hydrogens (tertiary/aromatic N) is 5. The molecule has 11 heteroatoms. The second kappa shape index (κ2) is 10.9. The first kappa shape index (κ1) is 25.3. The van der Waals surface area contributed by atoms with E-state index in [-0.39, 0.29) is 11.6 Å². The van der Waals surface area contributed by atoms with Gasteiger partial charge in [0.15, 0.2) is 0 Å². The van der Waals surface area contributed by atoms with E-state index >= 15 is 0 Å². The monoisotopic (exact) mass is 521 g/mol. The lowest BCUT2D eigenvalue weighted by molar-refractivity contribution is 0.140. The van der Waals surface area contributed by atoms with Gasteiger partial charge in [0.2, 0.25) is 5.82 Å². The predicted octanol–water partition coefficient (Wildman–Crippen LogP) is 7.60. The first-order valence-electron chi connectivity index (χ1n) is 10.8. The van der Waals surface area contributed by atoms with Crippen molar-refractivity contribution < 1.29 is 17.6 Å². The maximum absolute atomic E-state index is 13.5. The van der Waals surface area contributed by atoms with Gasteiger partial charge in [-0.15, -0.1) is 5.10 Å². The first-order valence-corrected chi connectivity index (χ1v) is 13.0. The third-order valence-corrected chi connectivity index (χ3v) is 8.14. The van der Waals surface area contributed by atoms with E-state index < -0.39 is 18.7 Å². The maximum Gasteiger partial charge on any atom is 0.299 e. The Morgan fingerprint density at radius 1 is 0.914 bits per heavy atom. The van der Waals surface area contributed by atoms with Gasteiger partial charge in [-0.05, 0) is 55.7 Å². The molecule has 0 saturated carbocycles. The smallest absolute Gasteiger partial charge is 0.241 e. The lowest BCUT2D eigenvalue weighted by Gasteiger charge is -2.18. The van der Waals surface area contributed by atoms with Gasteiger partial charge in [-0.2, -0.15) is 5.10 Å². The number of aryl methyl sites for hydroxylation is 2. The van der Waals surface area contributed by atoms with Gasteiger partial charge < -0.3 is 0 Å². The number of halogens is 4. The molecule has 0 aliphatic carbocycles. The molecule has 0 amide bonds. The van der Waals surface area contributed by atoms with Crippen LogP contribution in [0.15, 0.2) is 69.9 Å². The Morgan fingerprint density at radius 2 is 1.54 bits per heavy atom. The first-order chi connectivity index (χ1) is 16.7. The summed E-state index contributed by atoms with van der Waals surface area (Å²) in [6.07, 6.45) is -0.00103. The summed E-state index contributed by atoms with van der Waals surface area (Å²) in [5, 5.41) is 9.55. The Balaban J connectivity index is 1.56. The summed E-state index contributed by atoms with van der Waals surface area (Å²) in [7, 11) is 3.04. The highest BCUT2D eigenvalue weighted by Crippen LogP contribution is 2.42. The van der Waals surface area contributed by atoms with E-state index in [0.29, 0.717) is 17.8 Å². The fourth-order valence-corrected chi connectivity index (χ4v) is 5.91. The van der Waals surface area contributed by atoms with E-state index in [0.717, 1.165) is 20.9 Å². The molecule has 35 heavy (non-hydrogen) atoms. The average Bonchev–Trinajstić information content (AvgIpc) is 3.24. The fourth-order valence-electron chi connectivity index (χ4n) is 3.38. The number of benzene rings is 2. The Hall–Kier alpha value is -2.79. The van der Waals surface area contributed by atoms with Crippen LogP contribution in [-0.2, 0) is 0 Å². The van der Waals surface area contributed by atoms with Gasteiger partial charge >= 0.3 is 0 Å². The molecule has 0 bridgehead atoms. The second-order valence-electron chi connectivity index (χ2n) is 8.11. The Labute approximate surface area is 208 Å². The van der Waals surface area contributed by atoms with Crippen LogP contribution in [0.5, 0.6) is 0 Å². The maximum atomic E-state index is 13.5. The molecule has 5 nitrogen and oxygen atoms in total. The van der Waals surface area contributed by atoms with E-state index in [4.69, 9.17) is 0 Å². The van der Waals surface area contributed by atoms with Gasteiger partial charge in [0.25, 0.3) is 12.9 Å². The lowest BCUT2D eigenvalue weighted by Crippen LogP contribution is -2.22. The van der Waals surface area contributed by atoms with Crippen molar-refractivity contribution in [1.29, 1.82) is 0 Å². The van der Waals surface area contributed by atoms with Crippen LogP contribution in [-0.4, -0.2) is 26.9 Å². The number of anilines is 1. The summed E-state index contributed by atoms with van der Waals surface area (Å²) in [6.45, 7) is 5.69. The lowest BCUT2D eigenvalue weighted by atomic mass is 10.0. The van der Waals surface area contributed by atoms with Gasteiger partial charge in [0.1, 0.15) is 12.0 Å². The standard InChI is InChI=1S/C24H23F4N5S2/c1-14-6-8-17(32-10-4-5-16(3)21(30-32)22(25)26)11-19(14)34-35-20-12-18(9-7-15(20)2)33-13-29-24(31-33)23(27)28/h4,6-13,16,22-23H,5H2,1-3H3. The van der Waals surface area contributed by atoms with Crippen molar-refractivity contribution in [3.8, 4) is 5.69 Å². The molecule has 3 aromatic rings. The Morgan fingerprint density at radius 3 is 2.14 bits per heavy atom. The molecule has 0 spiro atoms. The van der Waals surface area contributed by atoms with Crippen LogP contribution < -0.4 is 5.01 Å². The van der Waals surface area contributed by atoms with E-state index in [1.165, 1.54) is 37.6 Å². The van der Waals surface area contributed by atoms with Gasteiger partial charge in [-0.3, -0.25) is 0 Å². The summed E-state index contributed by atoms with van der Waals surface area (Å²) in [5.74, 6) is -0.848. The quantitative estimate of drug-likeness (QED) is 0.237. The van der Waals surface area contributed by atoms with Crippen LogP contribution in [0.4, 0.5) is 23.2 Å². The van der Waals surface area contributed by atoms with Crippen molar-refractivity contribution in [2.45, 2.75) is 49.8 Å². The van der Waals surface area contributed by atoms with Gasteiger partial charge in [-0.25, -0.2) is 32.2 Å². The third kappa shape index (κ3) is 5.90. The molecule has 2 heterocycles. The van der Waals surface area contributed by atoms with E-state index in [9.17, 15) is 17.6 Å². The van der Waals surface area contributed by atoms with E-state index in [1.54, 1.807) is 19.2 Å². The molecule has 0 saturated heterocycles. The number of allylic oxidation sites excluding steroid dienone is 1. The molecule has 0 fully saturated rings. The van der Waals surface area contributed by atoms with Crippen molar-refractivity contribution in [2.24, 2.45) is 11.0 Å². The summed E-state index contributed by atoms with van der Waals surface area (Å²) in [4.78, 5) is 5.55. The predicted molar refractivity (Wildman–Crippen MR) is 133 cm³/mol. The van der Waals surface area contributed by atoms with Crippen molar-refractivity contribution in [3.63, 3.8) is 0 Å². The topological polar surface area (TPSA) is 46.3 Å². The fraction of sp³-hybridized carbons (Fsp3) is 0.292. The van der Waals surface area contributed by atoms with Crippen molar-refractivity contribution >= 4 is 33.0 Å². The number of hydrogen-bond acceptors (Lipinski definition) is 6. The number of aromatic nitrogens is 3. The van der Waals surface area contributed by atoms with Gasteiger partial charge in [0.05, 0.1) is 11.4 Å². The van der Waals surface area contributed by atoms with Crippen LogP contribution in [0.25, 0.3) is 5.69 Å². The summed E-state index contributed by atoms with van der Waals surface area (Å²) in [6, 6.07) is 11.3. The molecule has 2 aromatic carbocycles.